The van der Waals surface area contributed by atoms with E-state index in [0.717, 1.165) is 42.3 Å². The number of fused-ring (bicyclic) bond motifs is 2. The summed E-state index contributed by atoms with van der Waals surface area (Å²) in [5, 5.41) is 2.62. The fraction of sp³-hybridized carbons (Fsp3) is 0.227. The maximum absolute atomic E-state index is 10.8. The Bertz CT molecular complexity index is 1060. The number of ether oxygens (including phenoxy) is 2. The number of nitrogens with zero attached hydrogens (tertiary/aromatic N) is 3. The van der Waals surface area contributed by atoms with Crippen molar-refractivity contribution in [3.8, 4) is 17.4 Å². The maximum Gasteiger partial charge on any atom is 0.219 e. The molecule has 1 spiro atoms. The minimum absolute atomic E-state index is 0.133. The van der Waals surface area contributed by atoms with E-state index >= 15 is 0 Å². The van der Waals surface area contributed by atoms with Crippen molar-refractivity contribution in [3.05, 3.63) is 60.4 Å². The molecule has 2 aromatic heterocycles. The first-order valence-corrected chi connectivity index (χ1v) is 9.49. The summed E-state index contributed by atoms with van der Waals surface area (Å²) in [6.07, 6.45) is 6.26. The van der Waals surface area contributed by atoms with E-state index in [1.54, 1.807) is 12.4 Å². The van der Waals surface area contributed by atoms with E-state index in [9.17, 15) is 4.79 Å². The first kappa shape index (κ1) is 17.5. The number of hydrogen-bond donors (Lipinski definition) is 1. The molecule has 3 aromatic rings. The molecule has 1 fully saturated rings. The molecule has 2 aliphatic rings. The number of rotatable bonds is 6. The first-order chi connectivity index (χ1) is 14.2. The first-order valence-electron chi connectivity index (χ1n) is 9.49. The van der Waals surface area contributed by atoms with E-state index in [1.807, 2.05) is 54.4 Å². The molecule has 7 heteroatoms. The number of anilines is 3. The molecule has 7 nitrogen and oxygen atoms in total. The van der Waals surface area contributed by atoms with Crippen LogP contribution < -0.4 is 19.7 Å². The molecule has 0 unspecified atom stereocenters. The number of carbonyl (C=O) groups excluding carboxylic acids is 1. The Morgan fingerprint density at radius 2 is 2.07 bits per heavy atom. The highest BCUT2D eigenvalue weighted by Gasteiger charge is 2.52. The Hall–Kier alpha value is -3.61. The van der Waals surface area contributed by atoms with Gasteiger partial charge in [-0.1, -0.05) is 6.07 Å². The van der Waals surface area contributed by atoms with E-state index in [4.69, 9.17) is 9.47 Å². The SMILES string of the molecule is CN(c1ccc(Oc2cccc3c2C2(CC2)CO3)nc1)c1cccnc1NC=O. The molecule has 1 amide bonds. The lowest BCUT2D eigenvalue weighted by atomic mass is 9.97. The average molecular weight is 388 g/mol. The van der Waals surface area contributed by atoms with Crippen LogP contribution in [0.3, 0.4) is 0 Å². The van der Waals surface area contributed by atoms with Crippen LogP contribution in [0.2, 0.25) is 0 Å². The normalized spacial score (nSPS) is 15.3. The zero-order valence-corrected chi connectivity index (χ0v) is 16.0. The summed E-state index contributed by atoms with van der Waals surface area (Å²) in [5.74, 6) is 2.74. The Labute approximate surface area is 168 Å². The van der Waals surface area contributed by atoms with Crippen LogP contribution in [0.25, 0.3) is 0 Å². The van der Waals surface area contributed by atoms with Gasteiger partial charge < -0.3 is 19.7 Å². The van der Waals surface area contributed by atoms with Crippen LogP contribution in [-0.2, 0) is 10.2 Å². The number of benzene rings is 1. The van der Waals surface area contributed by atoms with Gasteiger partial charge in [-0.2, -0.15) is 0 Å². The third-order valence-corrected chi connectivity index (χ3v) is 5.54. The lowest BCUT2D eigenvalue weighted by Crippen LogP contribution is -2.13. The van der Waals surface area contributed by atoms with E-state index in [1.165, 1.54) is 5.56 Å². The minimum atomic E-state index is 0.133. The maximum atomic E-state index is 10.8. The molecule has 3 heterocycles. The minimum Gasteiger partial charge on any atom is -0.492 e. The summed E-state index contributed by atoms with van der Waals surface area (Å²) in [6, 6.07) is 13.4. The quantitative estimate of drug-likeness (QED) is 0.643. The molecule has 1 aliphatic carbocycles. The van der Waals surface area contributed by atoms with Crippen LogP contribution in [0.5, 0.6) is 17.4 Å². The molecule has 0 radical (unpaired) electrons. The van der Waals surface area contributed by atoms with Crippen LogP contribution in [0.1, 0.15) is 18.4 Å². The number of amides is 1. The highest BCUT2D eigenvalue weighted by molar-refractivity contribution is 5.81. The molecule has 1 aliphatic heterocycles. The number of aromatic nitrogens is 2. The second kappa shape index (κ2) is 6.77. The van der Waals surface area contributed by atoms with Crippen molar-refractivity contribution in [2.24, 2.45) is 0 Å². The van der Waals surface area contributed by atoms with Crippen molar-refractivity contribution in [2.75, 3.05) is 23.9 Å². The number of carbonyl (C=O) groups is 1. The summed E-state index contributed by atoms with van der Waals surface area (Å²) < 4.78 is 12.0. The highest BCUT2D eigenvalue weighted by atomic mass is 16.5. The second-order valence-electron chi connectivity index (χ2n) is 7.35. The molecule has 5 rings (SSSR count). The van der Waals surface area contributed by atoms with Crippen LogP contribution in [-0.4, -0.2) is 30.0 Å². The molecule has 0 bridgehead atoms. The fourth-order valence-corrected chi connectivity index (χ4v) is 3.79. The van der Waals surface area contributed by atoms with Gasteiger partial charge in [0.1, 0.15) is 11.5 Å². The van der Waals surface area contributed by atoms with Crippen molar-refractivity contribution < 1.29 is 14.3 Å². The Balaban J connectivity index is 1.38. The third-order valence-electron chi connectivity index (χ3n) is 5.54. The molecule has 0 saturated heterocycles. The Morgan fingerprint density at radius 3 is 2.83 bits per heavy atom. The third kappa shape index (κ3) is 3.04. The lowest BCUT2D eigenvalue weighted by molar-refractivity contribution is -0.105. The number of hydrogen-bond acceptors (Lipinski definition) is 6. The Kier molecular flexibility index (Phi) is 4.08. The molecule has 1 aromatic carbocycles. The van der Waals surface area contributed by atoms with Crippen LogP contribution in [0.4, 0.5) is 17.2 Å². The monoisotopic (exact) mass is 388 g/mol. The smallest absolute Gasteiger partial charge is 0.219 e. The van der Waals surface area contributed by atoms with Crippen molar-refractivity contribution in [1.29, 1.82) is 0 Å². The van der Waals surface area contributed by atoms with E-state index in [0.29, 0.717) is 18.1 Å². The van der Waals surface area contributed by atoms with Crippen molar-refractivity contribution >= 4 is 23.6 Å². The lowest BCUT2D eigenvalue weighted by Gasteiger charge is -2.21. The fourth-order valence-electron chi connectivity index (χ4n) is 3.79. The van der Waals surface area contributed by atoms with Gasteiger partial charge in [0.25, 0.3) is 0 Å². The summed E-state index contributed by atoms with van der Waals surface area (Å²) >= 11 is 0. The van der Waals surface area contributed by atoms with Gasteiger partial charge in [-0.25, -0.2) is 9.97 Å². The highest BCUT2D eigenvalue weighted by Crippen LogP contribution is 2.58. The molecule has 29 heavy (non-hydrogen) atoms. The van der Waals surface area contributed by atoms with Crippen molar-refractivity contribution in [1.82, 2.24) is 9.97 Å². The van der Waals surface area contributed by atoms with Crippen LogP contribution >= 0.6 is 0 Å². The zero-order chi connectivity index (χ0) is 19.8. The van der Waals surface area contributed by atoms with E-state index in [-0.39, 0.29) is 5.41 Å². The van der Waals surface area contributed by atoms with Gasteiger partial charge in [-0.05, 0) is 43.2 Å². The van der Waals surface area contributed by atoms with Gasteiger partial charge >= 0.3 is 0 Å². The second-order valence-corrected chi connectivity index (χ2v) is 7.35. The molecule has 1 saturated carbocycles. The molecule has 0 atom stereocenters. The molecule has 146 valence electrons. The van der Waals surface area contributed by atoms with Gasteiger partial charge in [0.05, 0.1) is 24.2 Å². The van der Waals surface area contributed by atoms with Crippen LogP contribution in [0.15, 0.2) is 54.9 Å². The standard InChI is InChI=1S/C22H20N4O3/c1-26(16-4-3-11-23-21(16)25-14-27)15-7-8-19(24-12-15)29-18-6-2-5-17-20(18)22(9-10-22)13-28-17/h2-8,11-12,14H,9-10,13H2,1H3,(H,23,25,27). The van der Waals surface area contributed by atoms with Crippen molar-refractivity contribution in [2.45, 2.75) is 18.3 Å². The van der Waals surface area contributed by atoms with Gasteiger partial charge in [-0.15, -0.1) is 0 Å². The molecular weight excluding hydrogens is 368 g/mol. The predicted molar refractivity (Wildman–Crippen MR) is 109 cm³/mol. The van der Waals surface area contributed by atoms with Crippen LogP contribution in [0, 0.1) is 0 Å². The number of pyridine rings is 2. The van der Waals surface area contributed by atoms with Crippen molar-refractivity contribution in [3.63, 3.8) is 0 Å². The summed E-state index contributed by atoms with van der Waals surface area (Å²) in [6.45, 7) is 0.738. The zero-order valence-electron chi connectivity index (χ0n) is 16.0. The van der Waals surface area contributed by atoms with E-state index < -0.39 is 0 Å². The Morgan fingerprint density at radius 1 is 1.17 bits per heavy atom. The number of nitrogens with one attached hydrogen (secondary N) is 1. The van der Waals surface area contributed by atoms with Gasteiger partial charge in [-0.3, -0.25) is 4.79 Å². The predicted octanol–water partition coefficient (Wildman–Crippen LogP) is 4.03. The van der Waals surface area contributed by atoms with Gasteiger partial charge in [0.15, 0.2) is 5.82 Å². The van der Waals surface area contributed by atoms with Gasteiger partial charge in [0, 0.05) is 30.3 Å². The largest absolute Gasteiger partial charge is 0.492 e. The van der Waals surface area contributed by atoms with E-state index in [2.05, 4.69) is 15.3 Å². The molecule has 1 N–H and O–H groups in total. The summed E-state index contributed by atoms with van der Waals surface area (Å²) in [5.41, 5.74) is 2.92. The average Bonchev–Trinajstić information content (AvgIpc) is 3.44. The topological polar surface area (TPSA) is 76.6 Å². The summed E-state index contributed by atoms with van der Waals surface area (Å²) in [4.78, 5) is 21.4. The van der Waals surface area contributed by atoms with Gasteiger partial charge in [0.2, 0.25) is 12.3 Å². The molecular formula is C22H20N4O3. The summed E-state index contributed by atoms with van der Waals surface area (Å²) in [7, 11) is 1.89.